The normalized spacial score (nSPS) is 20.4. The molecule has 0 bridgehead atoms. The molecule has 1 aliphatic rings. The second-order valence-electron chi connectivity index (χ2n) is 6.56. The molecule has 1 aliphatic heterocycles. The quantitative estimate of drug-likeness (QED) is 0.738. The molecule has 1 atom stereocenters. The Morgan fingerprint density at radius 1 is 1.31 bits per heavy atom. The second kappa shape index (κ2) is 7.65. The number of nitrogens with zero attached hydrogens (tertiary/aromatic N) is 2. The maximum Gasteiger partial charge on any atom is 0.438 e. The van der Waals surface area contributed by atoms with Crippen molar-refractivity contribution in [3.05, 3.63) is 29.3 Å². The number of halogens is 3. The molecule has 0 radical (unpaired) electrons. The predicted octanol–water partition coefficient (Wildman–Crippen LogP) is 4.12. The molecule has 2 N–H and O–H groups in total. The zero-order valence-electron chi connectivity index (χ0n) is 14.8. The summed E-state index contributed by atoms with van der Waals surface area (Å²) >= 11 is 0. The molecule has 0 fully saturated rings. The number of aliphatic hydroxyl groups is 1. The van der Waals surface area contributed by atoms with E-state index < -0.39 is 30.0 Å². The molecule has 0 aromatic heterocycles. The highest BCUT2D eigenvalue weighted by Gasteiger charge is 2.63. The third-order valence-electron chi connectivity index (χ3n) is 4.48. The minimum atomic E-state index is -5.07. The highest BCUT2D eigenvalue weighted by Crippen LogP contribution is 2.42. The van der Waals surface area contributed by atoms with Crippen molar-refractivity contribution in [2.24, 2.45) is 5.10 Å². The highest BCUT2D eigenvalue weighted by atomic mass is 19.4. The molecule has 1 aromatic rings. The number of phenols is 1. The van der Waals surface area contributed by atoms with Crippen LogP contribution < -0.4 is 0 Å². The molecule has 144 valence electrons. The van der Waals surface area contributed by atoms with Crippen molar-refractivity contribution in [1.82, 2.24) is 5.01 Å². The fraction of sp³-hybridized carbons (Fsp3) is 0.556. The lowest BCUT2D eigenvalue weighted by atomic mass is 10.0. The molecule has 1 aromatic carbocycles. The molecule has 0 spiro atoms. The number of carbonyl (C=O) groups excluding carboxylic acids is 1. The van der Waals surface area contributed by atoms with E-state index in [-0.39, 0.29) is 22.7 Å². The predicted molar refractivity (Wildman–Crippen MR) is 90.8 cm³/mol. The number of benzene rings is 1. The van der Waals surface area contributed by atoms with Gasteiger partial charge >= 0.3 is 6.18 Å². The standard InChI is InChI=1S/C18H23F3N2O3/c1-3-4-5-6-9-13-11-17(26,18(19,20)21)23(22-13)16(25)14-10-7-8-12(2)15(14)24/h7-8,10,24,26H,3-6,9,11H2,1-2H3/t17-/m0/s1. The van der Waals surface area contributed by atoms with Gasteiger partial charge in [-0.25, -0.2) is 0 Å². The fourth-order valence-corrected chi connectivity index (χ4v) is 2.89. The number of hydrazone groups is 1. The van der Waals surface area contributed by atoms with Gasteiger partial charge in [0.15, 0.2) is 0 Å². The summed E-state index contributed by atoms with van der Waals surface area (Å²) < 4.78 is 40.5. The number of carbonyl (C=O) groups is 1. The van der Waals surface area contributed by atoms with Crippen LogP contribution in [0.3, 0.4) is 0 Å². The zero-order valence-corrected chi connectivity index (χ0v) is 14.8. The molecule has 1 amide bonds. The minimum absolute atomic E-state index is 0.0661. The van der Waals surface area contributed by atoms with Crippen LogP contribution >= 0.6 is 0 Å². The van der Waals surface area contributed by atoms with E-state index in [1.54, 1.807) is 0 Å². The van der Waals surface area contributed by atoms with E-state index in [1.807, 2.05) is 6.92 Å². The largest absolute Gasteiger partial charge is 0.507 e. The average Bonchev–Trinajstić information content (AvgIpc) is 2.91. The van der Waals surface area contributed by atoms with Crippen LogP contribution in [0.2, 0.25) is 0 Å². The molecule has 0 aliphatic carbocycles. The van der Waals surface area contributed by atoms with Crippen LogP contribution in [-0.2, 0) is 0 Å². The Morgan fingerprint density at radius 2 is 2.00 bits per heavy atom. The van der Waals surface area contributed by atoms with Gasteiger partial charge < -0.3 is 10.2 Å². The summed E-state index contributed by atoms with van der Waals surface area (Å²) in [5, 5.41) is 24.1. The average molecular weight is 372 g/mol. The lowest BCUT2D eigenvalue weighted by Crippen LogP contribution is -2.56. The summed E-state index contributed by atoms with van der Waals surface area (Å²) in [5.74, 6) is -1.61. The van der Waals surface area contributed by atoms with Crippen molar-refractivity contribution >= 4 is 11.6 Å². The van der Waals surface area contributed by atoms with Gasteiger partial charge in [-0.1, -0.05) is 38.3 Å². The smallest absolute Gasteiger partial charge is 0.438 e. The number of phenolic OH excluding ortho intramolecular Hbond substituents is 1. The first-order valence-corrected chi connectivity index (χ1v) is 8.60. The highest BCUT2D eigenvalue weighted by molar-refractivity contribution is 6.00. The summed E-state index contributed by atoms with van der Waals surface area (Å²) in [6.45, 7) is 3.54. The molecule has 0 unspecified atom stereocenters. The van der Waals surface area contributed by atoms with Crippen molar-refractivity contribution in [3.8, 4) is 5.75 Å². The SMILES string of the molecule is CCCCCCC1=NN(C(=O)c2cccc(C)c2O)[C@@](O)(C(F)(F)F)C1. The number of para-hydroxylation sites is 1. The molecular formula is C18H23F3N2O3. The van der Waals surface area contributed by atoms with E-state index in [0.717, 1.165) is 19.3 Å². The molecule has 26 heavy (non-hydrogen) atoms. The lowest BCUT2D eigenvalue weighted by molar-refractivity contribution is -0.297. The van der Waals surface area contributed by atoms with Crippen molar-refractivity contribution in [3.63, 3.8) is 0 Å². The Kier molecular flexibility index (Phi) is 5.95. The number of aryl methyl sites for hydroxylation is 1. The number of rotatable bonds is 6. The fourth-order valence-electron chi connectivity index (χ4n) is 2.89. The van der Waals surface area contributed by atoms with Crippen LogP contribution in [0, 0.1) is 6.92 Å². The monoisotopic (exact) mass is 372 g/mol. The number of alkyl halides is 3. The maximum atomic E-state index is 13.5. The second-order valence-corrected chi connectivity index (χ2v) is 6.56. The Hall–Kier alpha value is -2.09. The third-order valence-corrected chi connectivity index (χ3v) is 4.48. The Bertz CT molecular complexity index is 703. The number of unbranched alkanes of at least 4 members (excludes halogenated alkanes) is 3. The van der Waals surface area contributed by atoms with Gasteiger partial charge in [0.1, 0.15) is 5.75 Å². The summed E-state index contributed by atoms with van der Waals surface area (Å²) in [5.41, 5.74) is -3.26. The van der Waals surface area contributed by atoms with Crippen LogP contribution in [-0.4, -0.2) is 38.7 Å². The molecule has 0 saturated carbocycles. The van der Waals surface area contributed by atoms with Crippen molar-refractivity contribution in [1.29, 1.82) is 0 Å². The number of hydrogen-bond donors (Lipinski definition) is 2. The van der Waals surface area contributed by atoms with Crippen LogP contribution in [0.15, 0.2) is 23.3 Å². The van der Waals surface area contributed by atoms with Gasteiger partial charge in [-0.2, -0.15) is 23.3 Å². The number of aromatic hydroxyl groups is 1. The van der Waals surface area contributed by atoms with Crippen molar-refractivity contribution in [2.45, 2.75) is 64.3 Å². The Balaban J connectivity index is 2.32. The Morgan fingerprint density at radius 3 is 2.62 bits per heavy atom. The lowest BCUT2D eigenvalue weighted by Gasteiger charge is -2.32. The minimum Gasteiger partial charge on any atom is -0.507 e. The number of hydrogen-bond acceptors (Lipinski definition) is 4. The van der Waals surface area contributed by atoms with Gasteiger partial charge in [0.2, 0.25) is 0 Å². The third kappa shape index (κ3) is 3.85. The topological polar surface area (TPSA) is 73.1 Å². The van der Waals surface area contributed by atoms with Crippen LogP contribution in [0.25, 0.3) is 0 Å². The van der Waals surface area contributed by atoms with Gasteiger partial charge in [-0.15, -0.1) is 0 Å². The summed E-state index contributed by atoms with van der Waals surface area (Å²) in [4.78, 5) is 12.6. The molecule has 5 nitrogen and oxygen atoms in total. The van der Waals surface area contributed by atoms with Gasteiger partial charge in [-0.3, -0.25) is 4.79 Å². The Labute approximate surface area is 150 Å². The summed E-state index contributed by atoms with van der Waals surface area (Å²) in [7, 11) is 0. The first-order valence-electron chi connectivity index (χ1n) is 8.60. The number of amides is 1. The van der Waals surface area contributed by atoms with E-state index in [9.17, 15) is 28.2 Å². The zero-order chi connectivity index (χ0) is 19.5. The van der Waals surface area contributed by atoms with Gasteiger partial charge in [-0.05, 0) is 31.4 Å². The van der Waals surface area contributed by atoms with E-state index in [4.69, 9.17) is 0 Å². The van der Waals surface area contributed by atoms with Gasteiger partial charge in [0.05, 0.1) is 5.56 Å². The van der Waals surface area contributed by atoms with Crippen LogP contribution in [0.4, 0.5) is 13.2 Å². The van der Waals surface area contributed by atoms with Crippen molar-refractivity contribution < 1.29 is 28.2 Å². The molecular weight excluding hydrogens is 349 g/mol. The summed E-state index contributed by atoms with van der Waals surface area (Å²) in [6.07, 6.45) is -2.16. The molecule has 8 heteroatoms. The maximum absolute atomic E-state index is 13.5. The molecule has 2 rings (SSSR count). The molecule has 1 heterocycles. The van der Waals surface area contributed by atoms with Gasteiger partial charge in [0, 0.05) is 12.1 Å². The van der Waals surface area contributed by atoms with E-state index >= 15 is 0 Å². The molecule has 0 saturated heterocycles. The van der Waals surface area contributed by atoms with Crippen LogP contribution in [0.5, 0.6) is 5.75 Å². The van der Waals surface area contributed by atoms with Crippen LogP contribution in [0.1, 0.15) is 61.4 Å². The first-order chi connectivity index (χ1) is 12.1. The van der Waals surface area contributed by atoms with E-state index in [0.29, 0.717) is 12.0 Å². The van der Waals surface area contributed by atoms with E-state index in [2.05, 4.69) is 5.10 Å². The van der Waals surface area contributed by atoms with E-state index in [1.165, 1.54) is 25.1 Å². The van der Waals surface area contributed by atoms with Gasteiger partial charge in [0.25, 0.3) is 11.6 Å². The summed E-state index contributed by atoms with van der Waals surface area (Å²) in [6, 6.07) is 4.17. The van der Waals surface area contributed by atoms with Crippen molar-refractivity contribution in [2.75, 3.05) is 0 Å². The first kappa shape index (κ1) is 20.2.